The molecule has 2 atom stereocenters. The summed E-state index contributed by atoms with van der Waals surface area (Å²) in [6, 6.07) is 15.8. The number of benzene rings is 3. The number of aryl methyl sites for hydroxylation is 1. The first-order valence-corrected chi connectivity index (χ1v) is 16.5. The number of anilines is 2. The molecule has 49 heavy (non-hydrogen) atoms. The third-order valence-corrected chi connectivity index (χ3v) is 10.0. The van der Waals surface area contributed by atoms with E-state index < -0.39 is 17.8 Å². The Morgan fingerprint density at radius 2 is 1.92 bits per heavy atom. The maximum Gasteiger partial charge on any atom is 0.227 e. The standard InChI is InChI=1S/C38H34F3N5O3/c1-3-27-29(40)11-10-23-18-26(49-22-47-2)19-28(31(23)27)34-33(41)35-32-36(46(16-17-48-37(32)44-34)25-8-5-4-6-9-25)43-30(42-35)12-14-38-13-7-15-45(38)21-24(39)20-38/h1,4-6,8-11,18-19,24H,7,12-17,20-22H2,2H3/t24-,38-/m1/s1. The van der Waals surface area contributed by atoms with E-state index in [1.54, 1.807) is 18.2 Å². The molecule has 11 heteroatoms. The molecule has 2 saturated heterocycles. The zero-order chi connectivity index (χ0) is 33.7. The number of fused-ring (bicyclic) bond motifs is 2. The molecule has 0 amide bonds. The van der Waals surface area contributed by atoms with Gasteiger partial charge in [0.1, 0.15) is 52.6 Å². The molecule has 2 aromatic heterocycles. The number of methoxy groups -OCH3 is 1. The van der Waals surface area contributed by atoms with Crippen molar-refractivity contribution in [2.75, 3.05) is 45.0 Å². The first-order valence-electron chi connectivity index (χ1n) is 16.5. The quantitative estimate of drug-likeness (QED) is 0.128. The van der Waals surface area contributed by atoms with Crippen LogP contribution >= 0.6 is 0 Å². The third-order valence-electron chi connectivity index (χ3n) is 10.0. The lowest BCUT2D eigenvalue weighted by molar-refractivity contribution is 0.0512. The number of pyridine rings is 1. The van der Waals surface area contributed by atoms with Gasteiger partial charge in [-0.05, 0) is 67.9 Å². The molecule has 0 aliphatic carbocycles. The number of aromatic nitrogens is 3. The summed E-state index contributed by atoms with van der Waals surface area (Å²) in [6.45, 7) is 1.90. The zero-order valence-electron chi connectivity index (χ0n) is 27.0. The molecule has 5 heterocycles. The molecule has 0 unspecified atom stereocenters. The van der Waals surface area contributed by atoms with Gasteiger partial charge < -0.3 is 19.1 Å². The Labute approximate surface area is 281 Å². The van der Waals surface area contributed by atoms with E-state index in [9.17, 15) is 4.39 Å². The van der Waals surface area contributed by atoms with Gasteiger partial charge in [-0.1, -0.05) is 30.2 Å². The van der Waals surface area contributed by atoms with Crippen LogP contribution in [0.5, 0.6) is 11.6 Å². The summed E-state index contributed by atoms with van der Waals surface area (Å²) in [5.74, 6) is 2.51. The van der Waals surface area contributed by atoms with Crippen LogP contribution in [0.4, 0.5) is 24.7 Å². The van der Waals surface area contributed by atoms with Crippen LogP contribution < -0.4 is 14.4 Å². The number of alkyl halides is 1. The highest BCUT2D eigenvalue weighted by atomic mass is 19.1. The first kappa shape index (κ1) is 31.4. The van der Waals surface area contributed by atoms with Gasteiger partial charge in [0.2, 0.25) is 5.88 Å². The summed E-state index contributed by atoms with van der Waals surface area (Å²) in [7, 11) is 1.49. The Morgan fingerprint density at radius 1 is 1.06 bits per heavy atom. The Kier molecular flexibility index (Phi) is 8.01. The van der Waals surface area contributed by atoms with Gasteiger partial charge in [-0.3, -0.25) is 4.90 Å². The minimum Gasteiger partial charge on any atom is -0.475 e. The van der Waals surface area contributed by atoms with Gasteiger partial charge in [-0.2, -0.15) is 0 Å². The molecule has 8 nitrogen and oxygen atoms in total. The number of hydrogen-bond donors (Lipinski definition) is 0. The van der Waals surface area contributed by atoms with E-state index in [-0.39, 0.29) is 47.2 Å². The Balaban J connectivity index is 1.35. The molecule has 0 bridgehead atoms. The number of ether oxygens (including phenoxy) is 3. The van der Waals surface area contributed by atoms with Gasteiger partial charge in [0.15, 0.2) is 12.6 Å². The van der Waals surface area contributed by atoms with Gasteiger partial charge in [0, 0.05) is 42.3 Å². The second-order valence-electron chi connectivity index (χ2n) is 12.9. The van der Waals surface area contributed by atoms with E-state index in [0.717, 1.165) is 25.1 Å². The maximum atomic E-state index is 17.3. The van der Waals surface area contributed by atoms with Crippen molar-refractivity contribution in [1.29, 1.82) is 0 Å². The first-order chi connectivity index (χ1) is 23.9. The lowest BCUT2D eigenvalue weighted by atomic mass is 9.88. The highest BCUT2D eigenvalue weighted by Crippen LogP contribution is 2.45. The largest absolute Gasteiger partial charge is 0.475 e. The fourth-order valence-corrected chi connectivity index (χ4v) is 7.86. The number of terminal acetylenes is 1. The fourth-order valence-electron chi connectivity index (χ4n) is 7.86. The second-order valence-corrected chi connectivity index (χ2v) is 12.9. The number of hydrogen-bond acceptors (Lipinski definition) is 8. The van der Waals surface area contributed by atoms with Crippen LogP contribution in [0.15, 0.2) is 54.6 Å². The summed E-state index contributed by atoms with van der Waals surface area (Å²) in [6.07, 6.45) is 8.43. The van der Waals surface area contributed by atoms with Gasteiger partial charge in [0.05, 0.1) is 12.1 Å². The highest BCUT2D eigenvalue weighted by Gasteiger charge is 2.48. The monoisotopic (exact) mass is 665 g/mol. The average Bonchev–Trinajstić information content (AvgIpc) is 3.57. The molecule has 0 radical (unpaired) electrons. The van der Waals surface area contributed by atoms with Crippen LogP contribution in [0.2, 0.25) is 0 Å². The van der Waals surface area contributed by atoms with E-state index in [4.69, 9.17) is 35.6 Å². The Hall–Kier alpha value is -4.92. The van der Waals surface area contributed by atoms with Crippen LogP contribution in [-0.4, -0.2) is 71.7 Å². The normalized spacial score (nSPS) is 20.3. The van der Waals surface area contributed by atoms with Crippen LogP contribution in [0.25, 0.3) is 32.9 Å². The minimum absolute atomic E-state index is 0.0217. The fraction of sp³-hybridized carbons (Fsp3) is 0.342. The molecule has 8 rings (SSSR count). The molecular weight excluding hydrogens is 631 g/mol. The van der Waals surface area contributed by atoms with Crippen LogP contribution in [0, 0.1) is 24.0 Å². The smallest absolute Gasteiger partial charge is 0.227 e. The van der Waals surface area contributed by atoms with Crippen molar-refractivity contribution < 1.29 is 27.4 Å². The second kappa shape index (κ2) is 12.5. The van der Waals surface area contributed by atoms with Crippen molar-refractivity contribution in [2.24, 2.45) is 0 Å². The van der Waals surface area contributed by atoms with Gasteiger partial charge in [0.25, 0.3) is 0 Å². The van der Waals surface area contributed by atoms with E-state index in [2.05, 4.69) is 10.8 Å². The SMILES string of the molecule is C#Cc1c(F)ccc2cc(OCOC)cc(-c3nc4c5c(nc(CC[C@@]67CCCN6C[C@H](F)C7)nc5c3F)N(c3ccccc3)CCO4)c12. The van der Waals surface area contributed by atoms with Crippen molar-refractivity contribution >= 4 is 33.2 Å². The molecule has 0 N–H and O–H groups in total. The topological polar surface area (TPSA) is 72.8 Å². The summed E-state index contributed by atoms with van der Waals surface area (Å²) >= 11 is 0. The molecular formula is C38H34F3N5O3. The van der Waals surface area contributed by atoms with Gasteiger partial charge in [-0.25, -0.2) is 28.1 Å². The van der Waals surface area contributed by atoms with E-state index in [1.807, 2.05) is 35.2 Å². The number of nitrogens with zero attached hydrogens (tertiary/aromatic N) is 5. The average molecular weight is 666 g/mol. The Bertz CT molecular complexity index is 2120. The lowest BCUT2D eigenvalue weighted by Crippen LogP contribution is -2.38. The summed E-state index contributed by atoms with van der Waals surface area (Å²) in [4.78, 5) is 18.8. The van der Waals surface area contributed by atoms with E-state index in [1.165, 1.54) is 13.2 Å². The summed E-state index contributed by atoms with van der Waals surface area (Å²) < 4.78 is 64.1. The zero-order valence-corrected chi connectivity index (χ0v) is 27.0. The Morgan fingerprint density at radius 3 is 2.73 bits per heavy atom. The predicted molar refractivity (Wildman–Crippen MR) is 181 cm³/mol. The third kappa shape index (κ3) is 5.40. The van der Waals surface area contributed by atoms with Crippen LogP contribution in [-0.2, 0) is 11.2 Å². The van der Waals surface area contributed by atoms with Gasteiger partial charge >= 0.3 is 0 Å². The van der Waals surface area contributed by atoms with E-state index >= 15 is 8.78 Å². The maximum absolute atomic E-state index is 17.3. The van der Waals surface area contributed by atoms with Crippen molar-refractivity contribution in [1.82, 2.24) is 19.9 Å². The molecule has 2 fully saturated rings. The number of para-hydroxylation sites is 1. The minimum atomic E-state index is -0.863. The summed E-state index contributed by atoms with van der Waals surface area (Å²) in [5.41, 5.74) is 0.710. The van der Waals surface area contributed by atoms with Crippen LogP contribution in [0.1, 0.15) is 37.1 Å². The van der Waals surface area contributed by atoms with Crippen LogP contribution in [0.3, 0.4) is 0 Å². The van der Waals surface area contributed by atoms with Gasteiger partial charge in [-0.15, -0.1) is 6.42 Å². The lowest BCUT2D eigenvalue weighted by Gasteiger charge is -2.31. The molecule has 250 valence electrons. The van der Waals surface area contributed by atoms with Crippen molar-refractivity contribution in [3.8, 4) is 35.2 Å². The number of halogens is 3. The highest BCUT2D eigenvalue weighted by molar-refractivity contribution is 6.04. The number of rotatable bonds is 8. The predicted octanol–water partition coefficient (Wildman–Crippen LogP) is 7.13. The van der Waals surface area contributed by atoms with Crippen molar-refractivity contribution in [3.63, 3.8) is 0 Å². The van der Waals surface area contributed by atoms with E-state index in [0.29, 0.717) is 65.9 Å². The molecule has 0 saturated carbocycles. The molecule has 3 aliphatic rings. The van der Waals surface area contributed by atoms with Crippen molar-refractivity contribution in [3.05, 3.63) is 77.6 Å². The van der Waals surface area contributed by atoms with Crippen molar-refractivity contribution in [2.45, 2.75) is 43.8 Å². The molecule has 5 aromatic rings. The summed E-state index contributed by atoms with van der Waals surface area (Å²) in [5, 5.41) is 1.17. The molecule has 3 aromatic carbocycles. The molecule has 0 spiro atoms. The molecule has 3 aliphatic heterocycles.